The molecule has 0 radical (unpaired) electrons. The molecular weight excluding hydrogens is 246 g/mol. The van der Waals surface area contributed by atoms with Crippen LogP contribution in [0, 0.1) is 5.41 Å². The molecule has 0 bridgehead atoms. The maximum atomic E-state index is 8.26. The second-order valence-electron chi connectivity index (χ2n) is 5.46. The largest absolute Gasteiger partial charge is 0.280 e. The van der Waals surface area contributed by atoms with Gasteiger partial charge in [0.2, 0.25) is 0 Å². The number of para-hydroxylation sites is 3. The number of hydrazine groups is 1. The first-order chi connectivity index (χ1) is 12.4. The van der Waals surface area contributed by atoms with Gasteiger partial charge < -0.3 is 0 Å². The minimum atomic E-state index is -0.483. The quantitative estimate of drug-likeness (QED) is 0.832. The molecule has 102 valence electrons. The van der Waals surface area contributed by atoms with Gasteiger partial charge in [-0.3, -0.25) is 10.4 Å². The number of fused-ring (bicyclic) bond motifs is 1. The van der Waals surface area contributed by atoms with E-state index in [0.717, 1.165) is 0 Å². The van der Waals surface area contributed by atoms with Crippen molar-refractivity contribution in [2.75, 3.05) is 5.01 Å². The SMILES string of the molecule is [2H]c1cc([2H])c2c(c1)N=C(C(C)(C)C)NN2c1c([2H])c([2H])c([2H])c([2H])c1[2H]. The molecule has 2 aromatic rings. The lowest BCUT2D eigenvalue weighted by Gasteiger charge is -2.36. The third kappa shape index (κ3) is 2.27. The Balaban J connectivity index is 2.35. The molecule has 0 atom stereocenters. The molecule has 3 rings (SSSR count). The van der Waals surface area contributed by atoms with Gasteiger partial charge in [0.15, 0.2) is 0 Å². The van der Waals surface area contributed by atoms with E-state index in [1.807, 2.05) is 20.8 Å². The van der Waals surface area contributed by atoms with E-state index in [2.05, 4.69) is 10.4 Å². The summed E-state index contributed by atoms with van der Waals surface area (Å²) < 4.78 is 56.3. The summed E-state index contributed by atoms with van der Waals surface area (Å²) in [6, 6.07) is 0.710. The minimum Gasteiger partial charge on any atom is -0.280 e. The second-order valence-corrected chi connectivity index (χ2v) is 5.46. The molecule has 0 aromatic heterocycles. The molecule has 2 aromatic carbocycles. The predicted octanol–water partition coefficient (Wildman–Crippen LogP) is 4.42. The Bertz CT molecular complexity index is 951. The number of hydrogen-bond acceptors (Lipinski definition) is 3. The Hall–Kier alpha value is -2.29. The number of anilines is 2. The van der Waals surface area contributed by atoms with E-state index in [4.69, 9.17) is 9.60 Å². The van der Waals surface area contributed by atoms with Crippen LogP contribution in [0.1, 0.15) is 30.4 Å². The van der Waals surface area contributed by atoms with E-state index in [1.165, 1.54) is 17.1 Å². The number of amidine groups is 1. The molecule has 0 saturated heterocycles. The average molecular weight is 272 g/mol. The van der Waals surface area contributed by atoms with Gasteiger partial charge in [0, 0.05) is 5.41 Å². The van der Waals surface area contributed by atoms with Crippen LogP contribution in [-0.2, 0) is 0 Å². The van der Waals surface area contributed by atoms with E-state index in [1.54, 1.807) is 0 Å². The van der Waals surface area contributed by atoms with Gasteiger partial charge in [-0.1, -0.05) is 51.0 Å². The van der Waals surface area contributed by atoms with Crippen LogP contribution in [-0.4, -0.2) is 5.84 Å². The highest BCUT2D eigenvalue weighted by Crippen LogP contribution is 2.36. The van der Waals surface area contributed by atoms with Crippen molar-refractivity contribution in [2.24, 2.45) is 10.4 Å². The fourth-order valence-electron chi connectivity index (χ4n) is 1.80. The molecule has 3 nitrogen and oxygen atoms in total. The van der Waals surface area contributed by atoms with Crippen LogP contribution < -0.4 is 10.4 Å². The first kappa shape index (κ1) is 6.93. The van der Waals surface area contributed by atoms with Crippen molar-refractivity contribution in [3.8, 4) is 0 Å². The lowest BCUT2D eigenvalue weighted by molar-refractivity contribution is 0.562. The van der Waals surface area contributed by atoms with Crippen LogP contribution in [0.2, 0.25) is 0 Å². The normalized spacial score (nSPS) is 19.2. The number of benzene rings is 2. The Morgan fingerprint density at radius 3 is 2.55 bits per heavy atom. The highest BCUT2D eigenvalue weighted by molar-refractivity contribution is 5.96. The van der Waals surface area contributed by atoms with Crippen LogP contribution in [0.4, 0.5) is 17.1 Å². The molecule has 3 heteroatoms. The van der Waals surface area contributed by atoms with Gasteiger partial charge in [-0.05, 0) is 24.2 Å². The van der Waals surface area contributed by atoms with E-state index >= 15 is 0 Å². The van der Waals surface area contributed by atoms with Crippen LogP contribution in [0.3, 0.4) is 0 Å². The Kier molecular flexibility index (Phi) is 1.62. The van der Waals surface area contributed by atoms with Crippen LogP contribution in [0.15, 0.2) is 59.4 Å². The van der Waals surface area contributed by atoms with Crippen molar-refractivity contribution in [1.82, 2.24) is 5.43 Å². The number of hydrogen-bond donors (Lipinski definition) is 1. The minimum absolute atomic E-state index is 0.0338. The van der Waals surface area contributed by atoms with E-state index in [9.17, 15) is 0 Å². The molecule has 1 aliphatic rings. The second kappa shape index (κ2) is 4.67. The Labute approximate surface area is 129 Å². The number of nitrogens with one attached hydrogen (secondary N) is 1. The lowest BCUT2D eigenvalue weighted by atomic mass is 9.94. The Morgan fingerprint density at radius 1 is 1.10 bits per heavy atom. The summed E-state index contributed by atoms with van der Waals surface area (Å²) in [5.74, 6) is 0.492. The summed E-state index contributed by atoms with van der Waals surface area (Å²) in [6.45, 7) is 5.74. The summed E-state index contributed by atoms with van der Waals surface area (Å²) in [4.78, 5) is 4.51. The zero-order chi connectivity index (χ0) is 20.3. The fourth-order valence-corrected chi connectivity index (χ4v) is 1.80. The highest BCUT2D eigenvalue weighted by Gasteiger charge is 2.27. The molecule has 0 spiro atoms. The summed E-state index contributed by atoms with van der Waals surface area (Å²) in [6.07, 6.45) is 0. The summed E-state index contributed by atoms with van der Waals surface area (Å²) in [5, 5.41) is 1.31. The van der Waals surface area contributed by atoms with Gasteiger partial charge in [-0.25, -0.2) is 4.99 Å². The van der Waals surface area contributed by atoms with Gasteiger partial charge in [0.05, 0.1) is 26.7 Å². The molecule has 0 unspecified atom stereocenters. The zero-order valence-corrected chi connectivity index (χ0v) is 11.5. The monoisotopic (exact) mass is 272 g/mol. The van der Waals surface area contributed by atoms with Crippen molar-refractivity contribution >= 4 is 22.9 Å². The number of aliphatic imine (C=N–C) groups is 1. The molecule has 0 aliphatic carbocycles. The van der Waals surface area contributed by atoms with E-state index in [-0.39, 0.29) is 35.5 Å². The standard InChI is InChI=1S/C17H19N3/c1-17(2,3)16-18-14-11-7-8-12-15(14)20(19-16)13-9-5-4-6-10-13/h4-12H,1-3H3,(H,18,19)/i4D,5D,6D,7D,9D,10D,12D. The van der Waals surface area contributed by atoms with Crippen molar-refractivity contribution in [1.29, 1.82) is 0 Å². The average Bonchev–Trinajstić information content (AvgIpc) is 2.56. The highest BCUT2D eigenvalue weighted by atomic mass is 15.5. The topological polar surface area (TPSA) is 27.6 Å². The summed E-state index contributed by atoms with van der Waals surface area (Å²) >= 11 is 0. The van der Waals surface area contributed by atoms with Gasteiger partial charge in [-0.15, -0.1) is 0 Å². The van der Waals surface area contributed by atoms with Crippen molar-refractivity contribution < 1.29 is 9.60 Å². The lowest BCUT2D eigenvalue weighted by Crippen LogP contribution is -2.46. The molecule has 1 aliphatic heterocycles. The van der Waals surface area contributed by atoms with Crippen molar-refractivity contribution in [3.63, 3.8) is 0 Å². The maximum absolute atomic E-state index is 8.26. The third-order valence-corrected chi connectivity index (χ3v) is 2.85. The molecule has 0 amide bonds. The molecule has 0 fully saturated rings. The smallest absolute Gasteiger partial charge is 0.127 e. The number of rotatable bonds is 1. The predicted molar refractivity (Wildman–Crippen MR) is 84.7 cm³/mol. The van der Waals surface area contributed by atoms with Gasteiger partial charge in [-0.2, -0.15) is 0 Å². The fraction of sp³-hybridized carbons (Fsp3) is 0.235. The first-order valence-corrected chi connectivity index (χ1v) is 6.27. The van der Waals surface area contributed by atoms with E-state index in [0.29, 0.717) is 11.5 Å². The Morgan fingerprint density at radius 2 is 1.85 bits per heavy atom. The molecule has 20 heavy (non-hydrogen) atoms. The third-order valence-electron chi connectivity index (χ3n) is 2.85. The summed E-state index contributed by atoms with van der Waals surface area (Å²) in [5.41, 5.74) is 3.05. The van der Waals surface area contributed by atoms with E-state index < -0.39 is 23.5 Å². The zero-order valence-electron chi connectivity index (χ0n) is 18.5. The molecule has 0 saturated carbocycles. The van der Waals surface area contributed by atoms with Gasteiger partial charge in [0.1, 0.15) is 5.84 Å². The van der Waals surface area contributed by atoms with Crippen LogP contribution >= 0.6 is 0 Å². The molecule has 1 heterocycles. The van der Waals surface area contributed by atoms with Gasteiger partial charge in [0.25, 0.3) is 0 Å². The van der Waals surface area contributed by atoms with Crippen LogP contribution in [0.5, 0.6) is 0 Å². The summed E-state index contributed by atoms with van der Waals surface area (Å²) in [7, 11) is 0. The maximum Gasteiger partial charge on any atom is 0.127 e. The molecular formula is C17H19N3. The number of nitrogens with zero attached hydrogens (tertiary/aromatic N) is 2. The first-order valence-electron chi connectivity index (χ1n) is 9.77. The van der Waals surface area contributed by atoms with Crippen molar-refractivity contribution in [2.45, 2.75) is 20.8 Å². The van der Waals surface area contributed by atoms with Crippen LogP contribution in [0.25, 0.3) is 0 Å². The van der Waals surface area contributed by atoms with Gasteiger partial charge >= 0.3 is 0 Å². The molecule has 1 N–H and O–H groups in total. The van der Waals surface area contributed by atoms with Crippen molar-refractivity contribution in [3.05, 3.63) is 54.4 Å².